The summed E-state index contributed by atoms with van der Waals surface area (Å²) in [6.45, 7) is -0.208. The number of carbonyl (C=O) groups excluding carboxylic acids is 4. The molecular formula is C15H16ClN3O5S. The summed E-state index contributed by atoms with van der Waals surface area (Å²) in [5.41, 5.74) is 0. The number of rotatable bonds is 8. The van der Waals surface area contributed by atoms with Gasteiger partial charge < -0.3 is 15.4 Å². The van der Waals surface area contributed by atoms with Gasteiger partial charge in [-0.25, -0.2) is 0 Å². The zero-order valence-electron chi connectivity index (χ0n) is 13.1. The molecule has 8 nitrogen and oxygen atoms in total. The van der Waals surface area contributed by atoms with Gasteiger partial charge in [-0.3, -0.25) is 24.1 Å². The van der Waals surface area contributed by atoms with Crippen LogP contribution in [0.1, 0.15) is 0 Å². The molecule has 1 aromatic rings. The van der Waals surface area contributed by atoms with E-state index < -0.39 is 11.8 Å². The molecule has 2 rings (SSSR count). The lowest BCUT2D eigenvalue weighted by atomic mass is 10.3. The van der Waals surface area contributed by atoms with E-state index in [4.69, 9.17) is 16.3 Å². The highest BCUT2D eigenvalue weighted by Gasteiger charge is 2.29. The van der Waals surface area contributed by atoms with E-state index in [-0.39, 0.29) is 43.1 Å². The predicted octanol–water partition coefficient (Wildman–Crippen LogP) is 0.647. The second kappa shape index (κ2) is 9.28. The van der Waals surface area contributed by atoms with Crippen molar-refractivity contribution in [1.29, 1.82) is 0 Å². The molecule has 0 unspecified atom stereocenters. The first-order valence-corrected chi connectivity index (χ1v) is 8.71. The smallest absolute Gasteiger partial charge is 0.288 e. The zero-order valence-corrected chi connectivity index (χ0v) is 14.7. The van der Waals surface area contributed by atoms with E-state index in [1.165, 1.54) is 0 Å². The van der Waals surface area contributed by atoms with Crippen LogP contribution in [0.2, 0.25) is 5.02 Å². The van der Waals surface area contributed by atoms with Gasteiger partial charge in [0.1, 0.15) is 5.75 Å². The van der Waals surface area contributed by atoms with Crippen LogP contribution in [0.15, 0.2) is 24.3 Å². The van der Waals surface area contributed by atoms with Crippen LogP contribution in [0.25, 0.3) is 0 Å². The lowest BCUT2D eigenvalue weighted by Crippen LogP contribution is -2.42. The Balaban J connectivity index is 1.59. The second-order valence-corrected chi connectivity index (χ2v) is 6.33. The van der Waals surface area contributed by atoms with Crippen molar-refractivity contribution in [3.63, 3.8) is 0 Å². The van der Waals surface area contributed by atoms with Crippen molar-refractivity contribution in [2.24, 2.45) is 0 Å². The van der Waals surface area contributed by atoms with Gasteiger partial charge in [0.2, 0.25) is 11.8 Å². The number of imide groups is 1. The molecule has 1 fully saturated rings. The van der Waals surface area contributed by atoms with Crippen molar-refractivity contribution in [3.8, 4) is 5.75 Å². The van der Waals surface area contributed by atoms with Gasteiger partial charge in [-0.1, -0.05) is 23.4 Å². The SMILES string of the molecule is O=C(CNC(=O)COc1ccc(Cl)cc1)NCCN1C(=O)CSC1=O. The van der Waals surface area contributed by atoms with Crippen LogP contribution in [0.5, 0.6) is 5.75 Å². The Morgan fingerprint density at radius 1 is 1.16 bits per heavy atom. The molecule has 1 aliphatic rings. The maximum Gasteiger partial charge on any atom is 0.288 e. The van der Waals surface area contributed by atoms with Crippen LogP contribution in [-0.4, -0.2) is 59.9 Å². The van der Waals surface area contributed by atoms with Gasteiger partial charge in [0, 0.05) is 18.1 Å². The second-order valence-electron chi connectivity index (χ2n) is 4.97. The summed E-state index contributed by atoms with van der Waals surface area (Å²) in [4.78, 5) is 47.1. The summed E-state index contributed by atoms with van der Waals surface area (Å²) in [5, 5.41) is 5.17. The quantitative estimate of drug-likeness (QED) is 0.680. The molecule has 0 spiro atoms. The number of amides is 4. The molecule has 0 aliphatic carbocycles. The van der Waals surface area contributed by atoms with Crippen molar-refractivity contribution in [3.05, 3.63) is 29.3 Å². The van der Waals surface area contributed by atoms with Gasteiger partial charge in [-0.15, -0.1) is 0 Å². The maximum atomic E-state index is 11.6. The van der Waals surface area contributed by atoms with E-state index in [2.05, 4.69) is 10.6 Å². The average Bonchev–Trinajstić information content (AvgIpc) is 2.91. The topological polar surface area (TPSA) is 105 Å². The van der Waals surface area contributed by atoms with Crippen molar-refractivity contribution in [2.75, 3.05) is 32.0 Å². The summed E-state index contributed by atoms with van der Waals surface area (Å²) >= 11 is 6.67. The molecule has 1 aromatic carbocycles. The van der Waals surface area contributed by atoms with E-state index in [1.54, 1.807) is 24.3 Å². The Bertz CT molecular complexity index is 652. The summed E-state index contributed by atoms with van der Waals surface area (Å²) in [6, 6.07) is 6.52. The number of halogens is 1. The molecule has 25 heavy (non-hydrogen) atoms. The van der Waals surface area contributed by atoms with Crippen LogP contribution in [0, 0.1) is 0 Å². The molecule has 10 heteroatoms. The Hall–Kier alpha value is -2.26. The number of nitrogens with one attached hydrogen (secondary N) is 2. The van der Waals surface area contributed by atoms with Crippen LogP contribution in [0.4, 0.5) is 4.79 Å². The number of ether oxygens (including phenoxy) is 1. The van der Waals surface area contributed by atoms with Crippen molar-refractivity contribution in [2.45, 2.75) is 0 Å². The van der Waals surface area contributed by atoms with E-state index in [9.17, 15) is 19.2 Å². The Morgan fingerprint density at radius 2 is 1.88 bits per heavy atom. The van der Waals surface area contributed by atoms with E-state index in [0.717, 1.165) is 16.7 Å². The Kier molecular flexibility index (Phi) is 7.08. The molecule has 0 radical (unpaired) electrons. The van der Waals surface area contributed by atoms with Gasteiger partial charge in [0.25, 0.3) is 11.1 Å². The van der Waals surface area contributed by atoms with Gasteiger partial charge in [-0.2, -0.15) is 0 Å². The third kappa shape index (κ3) is 6.28. The summed E-state index contributed by atoms with van der Waals surface area (Å²) in [7, 11) is 0. The normalized spacial score (nSPS) is 13.7. The summed E-state index contributed by atoms with van der Waals surface area (Å²) < 4.78 is 5.24. The lowest BCUT2D eigenvalue weighted by Gasteiger charge is -2.13. The number of benzene rings is 1. The van der Waals surface area contributed by atoms with E-state index >= 15 is 0 Å². The number of nitrogens with zero attached hydrogens (tertiary/aromatic N) is 1. The van der Waals surface area contributed by atoms with Gasteiger partial charge in [-0.05, 0) is 24.3 Å². The fourth-order valence-electron chi connectivity index (χ4n) is 1.88. The lowest BCUT2D eigenvalue weighted by molar-refractivity contribution is -0.127. The summed E-state index contributed by atoms with van der Waals surface area (Å²) in [5.74, 6) is -0.520. The molecule has 1 saturated heterocycles. The highest BCUT2D eigenvalue weighted by molar-refractivity contribution is 8.14. The Labute approximate surface area is 153 Å². The van der Waals surface area contributed by atoms with Crippen LogP contribution in [-0.2, 0) is 14.4 Å². The molecule has 134 valence electrons. The number of carbonyl (C=O) groups is 4. The fraction of sp³-hybridized carbons (Fsp3) is 0.333. The number of hydrogen-bond donors (Lipinski definition) is 2. The number of hydrogen-bond acceptors (Lipinski definition) is 6. The first-order valence-electron chi connectivity index (χ1n) is 7.34. The third-order valence-corrected chi connectivity index (χ3v) is 4.24. The number of thioether (sulfide) groups is 1. The standard InChI is InChI=1S/C15H16ClN3O5S/c16-10-1-3-11(4-2-10)24-8-13(21)18-7-12(20)17-5-6-19-14(22)9-25-15(19)23/h1-4H,5-9H2,(H,17,20)(H,18,21). The first-order chi connectivity index (χ1) is 12.0. The van der Waals surface area contributed by atoms with Crippen molar-refractivity contribution >= 4 is 46.3 Å². The molecule has 1 aliphatic heterocycles. The largest absolute Gasteiger partial charge is 0.484 e. The van der Waals surface area contributed by atoms with E-state index in [1.807, 2.05) is 0 Å². The van der Waals surface area contributed by atoms with Crippen LogP contribution in [0.3, 0.4) is 0 Å². The van der Waals surface area contributed by atoms with Crippen LogP contribution < -0.4 is 15.4 Å². The molecular weight excluding hydrogens is 370 g/mol. The minimum Gasteiger partial charge on any atom is -0.484 e. The first kappa shape index (κ1) is 19.1. The third-order valence-electron chi connectivity index (χ3n) is 3.13. The monoisotopic (exact) mass is 385 g/mol. The van der Waals surface area contributed by atoms with Gasteiger partial charge in [0.05, 0.1) is 12.3 Å². The molecule has 0 aromatic heterocycles. The predicted molar refractivity (Wildman–Crippen MR) is 92.5 cm³/mol. The van der Waals surface area contributed by atoms with Crippen LogP contribution >= 0.6 is 23.4 Å². The Morgan fingerprint density at radius 3 is 2.52 bits per heavy atom. The average molecular weight is 386 g/mol. The van der Waals surface area contributed by atoms with Crippen molar-refractivity contribution < 1.29 is 23.9 Å². The highest BCUT2D eigenvalue weighted by Crippen LogP contribution is 2.17. The molecule has 1 heterocycles. The van der Waals surface area contributed by atoms with E-state index in [0.29, 0.717) is 10.8 Å². The van der Waals surface area contributed by atoms with Crippen molar-refractivity contribution in [1.82, 2.24) is 15.5 Å². The maximum absolute atomic E-state index is 11.6. The highest BCUT2D eigenvalue weighted by atomic mass is 35.5. The molecule has 0 bridgehead atoms. The van der Waals surface area contributed by atoms with Gasteiger partial charge in [0.15, 0.2) is 6.61 Å². The fourth-order valence-corrected chi connectivity index (χ4v) is 2.75. The molecule has 4 amide bonds. The molecule has 0 atom stereocenters. The summed E-state index contributed by atoms with van der Waals surface area (Å²) in [6.07, 6.45) is 0. The zero-order chi connectivity index (χ0) is 18.2. The molecule has 0 saturated carbocycles. The minimum absolute atomic E-state index is 0.115. The van der Waals surface area contributed by atoms with Gasteiger partial charge >= 0.3 is 0 Å². The minimum atomic E-state index is -0.452. The molecule has 2 N–H and O–H groups in total.